The lowest BCUT2D eigenvalue weighted by atomic mass is 9.78. The minimum atomic E-state index is -0.110. The molecule has 1 atom stereocenters. The number of nitrogens with zero attached hydrogens (tertiary/aromatic N) is 3. The Morgan fingerprint density at radius 2 is 1.89 bits per heavy atom. The smallest absolute Gasteiger partial charge is 0.253 e. The number of aryl methyl sites for hydroxylation is 3. The molecule has 1 spiro atoms. The van der Waals surface area contributed by atoms with Crippen molar-refractivity contribution in [1.82, 2.24) is 15.0 Å². The van der Waals surface area contributed by atoms with Gasteiger partial charge in [0, 0.05) is 38.6 Å². The summed E-state index contributed by atoms with van der Waals surface area (Å²) in [5, 5.41) is 4.05. The molecular weight excluding hydrogens is 354 g/mol. The molecular formula is C22H29N3O3. The van der Waals surface area contributed by atoms with Gasteiger partial charge < -0.3 is 14.2 Å². The summed E-state index contributed by atoms with van der Waals surface area (Å²) in [6, 6.07) is 6.07. The van der Waals surface area contributed by atoms with Crippen LogP contribution in [0.3, 0.4) is 0 Å². The van der Waals surface area contributed by atoms with Crippen molar-refractivity contribution < 1.29 is 14.1 Å². The summed E-state index contributed by atoms with van der Waals surface area (Å²) in [5.74, 6) is 2.06. The maximum Gasteiger partial charge on any atom is 0.253 e. The average Bonchev–Trinajstić information content (AvgIpc) is 3.06. The topological polar surface area (TPSA) is 68.5 Å². The van der Waals surface area contributed by atoms with Crippen molar-refractivity contribution in [1.29, 1.82) is 0 Å². The molecule has 2 aliphatic rings. The Kier molecular flexibility index (Phi) is 5.23. The molecule has 2 aliphatic heterocycles. The first kappa shape index (κ1) is 19.1. The zero-order valence-corrected chi connectivity index (χ0v) is 17.0. The van der Waals surface area contributed by atoms with E-state index < -0.39 is 0 Å². The largest absolute Gasteiger partial charge is 0.375 e. The van der Waals surface area contributed by atoms with Gasteiger partial charge in [-0.1, -0.05) is 22.3 Å². The van der Waals surface area contributed by atoms with Crippen LogP contribution in [0.4, 0.5) is 0 Å². The molecule has 0 bridgehead atoms. The Hall–Kier alpha value is -2.21. The molecule has 1 unspecified atom stereocenters. The van der Waals surface area contributed by atoms with Gasteiger partial charge in [0.1, 0.15) is 0 Å². The zero-order chi connectivity index (χ0) is 19.7. The summed E-state index contributed by atoms with van der Waals surface area (Å²) >= 11 is 0. The number of rotatable bonds is 3. The van der Waals surface area contributed by atoms with Crippen molar-refractivity contribution in [2.75, 3.05) is 19.7 Å². The second kappa shape index (κ2) is 7.66. The normalized spacial score (nSPS) is 21.8. The van der Waals surface area contributed by atoms with Crippen molar-refractivity contribution >= 4 is 5.91 Å². The summed E-state index contributed by atoms with van der Waals surface area (Å²) in [5.41, 5.74) is 2.95. The maximum absolute atomic E-state index is 12.9. The summed E-state index contributed by atoms with van der Waals surface area (Å²) in [6.07, 6.45) is 4.66. The molecule has 0 N–H and O–H groups in total. The van der Waals surface area contributed by atoms with Crippen LogP contribution in [0.15, 0.2) is 22.7 Å². The summed E-state index contributed by atoms with van der Waals surface area (Å²) < 4.78 is 11.4. The lowest BCUT2D eigenvalue weighted by Gasteiger charge is -2.46. The minimum Gasteiger partial charge on any atom is -0.375 e. The SMILES string of the molecule is Cc1cc(C)cc(C(=O)N2CCC3(CC2)CC(Cc2noc(C)n2)CCO3)c1. The van der Waals surface area contributed by atoms with Gasteiger partial charge in [-0.05, 0) is 57.6 Å². The lowest BCUT2D eigenvalue weighted by Crippen LogP contribution is -2.51. The number of carbonyl (C=O) groups excluding carboxylic acids is 1. The van der Waals surface area contributed by atoms with Crippen LogP contribution in [-0.4, -0.2) is 46.2 Å². The monoisotopic (exact) mass is 383 g/mol. The second-order valence-corrected chi connectivity index (χ2v) is 8.49. The number of hydrogen-bond donors (Lipinski definition) is 0. The Morgan fingerprint density at radius 3 is 2.54 bits per heavy atom. The fourth-order valence-corrected chi connectivity index (χ4v) is 4.73. The van der Waals surface area contributed by atoms with E-state index in [4.69, 9.17) is 9.26 Å². The highest BCUT2D eigenvalue weighted by Crippen LogP contribution is 2.38. The van der Waals surface area contributed by atoms with E-state index in [9.17, 15) is 4.79 Å². The molecule has 28 heavy (non-hydrogen) atoms. The molecule has 6 nitrogen and oxygen atoms in total. The van der Waals surface area contributed by atoms with Crippen LogP contribution in [0.1, 0.15) is 58.9 Å². The molecule has 3 heterocycles. The van der Waals surface area contributed by atoms with Gasteiger partial charge in [-0.15, -0.1) is 0 Å². The Bertz CT molecular complexity index is 832. The Balaban J connectivity index is 1.37. The van der Waals surface area contributed by atoms with E-state index in [0.29, 0.717) is 11.8 Å². The van der Waals surface area contributed by atoms with Gasteiger partial charge in [0.25, 0.3) is 5.91 Å². The van der Waals surface area contributed by atoms with Gasteiger partial charge in [-0.2, -0.15) is 4.98 Å². The second-order valence-electron chi connectivity index (χ2n) is 8.49. The van der Waals surface area contributed by atoms with Gasteiger partial charge in [0.05, 0.1) is 5.60 Å². The highest BCUT2D eigenvalue weighted by molar-refractivity contribution is 5.94. The molecule has 2 saturated heterocycles. The van der Waals surface area contributed by atoms with E-state index in [1.807, 2.05) is 37.8 Å². The third-order valence-corrected chi connectivity index (χ3v) is 6.07. The number of aromatic nitrogens is 2. The number of likely N-dealkylation sites (tertiary alicyclic amines) is 1. The highest BCUT2D eigenvalue weighted by Gasteiger charge is 2.41. The van der Waals surface area contributed by atoms with Crippen LogP contribution in [0.5, 0.6) is 0 Å². The molecule has 150 valence electrons. The van der Waals surface area contributed by atoms with Crippen LogP contribution in [0, 0.1) is 26.7 Å². The maximum atomic E-state index is 12.9. The molecule has 0 radical (unpaired) electrons. The number of ether oxygens (including phenoxy) is 1. The van der Waals surface area contributed by atoms with E-state index in [-0.39, 0.29) is 11.5 Å². The number of benzene rings is 1. The van der Waals surface area contributed by atoms with E-state index >= 15 is 0 Å². The minimum absolute atomic E-state index is 0.110. The van der Waals surface area contributed by atoms with Gasteiger partial charge in [-0.25, -0.2) is 0 Å². The van der Waals surface area contributed by atoms with Gasteiger partial charge in [0.2, 0.25) is 5.89 Å². The number of carbonyl (C=O) groups is 1. The van der Waals surface area contributed by atoms with Crippen LogP contribution >= 0.6 is 0 Å². The van der Waals surface area contributed by atoms with E-state index in [1.54, 1.807) is 0 Å². The van der Waals surface area contributed by atoms with Crippen molar-refractivity contribution in [2.24, 2.45) is 5.92 Å². The summed E-state index contributed by atoms with van der Waals surface area (Å²) in [4.78, 5) is 19.3. The predicted octanol–water partition coefficient (Wildman–Crippen LogP) is 3.64. The van der Waals surface area contributed by atoms with Crippen LogP contribution in [-0.2, 0) is 11.2 Å². The van der Waals surface area contributed by atoms with Gasteiger partial charge in [-0.3, -0.25) is 4.79 Å². The summed E-state index contributed by atoms with van der Waals surface area (Å²) in [6.45, 7) is 8.17. The zero-order valence-electron chi connectivity index (χ0n) is 17.0. The first-order valence-electron chi connectivity index (χ1n) is 10.2. The van der Waals surface area contributed by atoms with Crippen molar-refractivity contribution in [3.8, 4) is 0 Å². The number of amides is 1. The molecule has 0 aliphatic carbocycles. The first-order chi connectivity index (χ1) is 13.4. The van der Waals surface area contributed by atoms with Gasteiger partial charge >= 0.3 is 0 Å². The molecule has 1 amide bonds. The molecule has 4 rings (SSSR count). The first-order valence-corrected chi connectivity index (χ1v) is 10.2. The summed E-state index contributed by atoms with van der Waals surface area (Å²) in [7, 11) is 0. The molecule has 1 aromatic heterocycles. The van der Waals surface area contributed by atoms with Crippen molar-refractivity contribution in [3.63, 3.8) is 0 Å². The third kappa shape index (κ3) is 4.12. The standard InChI is InChI=1S/C22H29N3O3/c1-15-10-16(2)12-19(11-15)21(26)25-7-5-22(6-8-25)14-18(4-9-27-22)13-20-23-17(3)28-24-20/h10-12,18H,4-9,13-14H2,1-3H3. The lowest BCUT2D eigenvalue weighted by molar-refractivity contribution is -0.123. The fraction of sp³-hybridized carbons (Fsp3) is 0.591. The van der Waals surface area contributed by atoms with Gasteiger partial charge in [0.15, 0.2) is 5.82 Å². The van der Waals surface area contributed by atoms with E-state index in [0.717, 1.165) is 74.3 Å². The average molecular weight is 383 g/mol. The Morgan fingerprint density at radius 1 is 1.18 bits per heavy atom. The van der Waals surface area contributed by atoms with Crippen molar-refractivity contribution in [3.05, 3.63) is 46.6 Å². The molecule has 2 aromatic rings. The molecule has 2 fully saturated rings. The van der Waals surface area contributed by atoms with Crippen molar-refractivity contribution in [2.45, 2.75) is 58.5 Å². The van der Waals surface area contributed by atoms with E-state index in [1.165, 1.54) is 0 Å². The third-order valence-electron chi connectivity index (χ3n) is 6.07. The number of hydrogen-bond acceptors (Lipinski definition) is 5. The Labute approximate surface area is 166 Å². The predicted molar refractivity (Wildman–Crippen MR) is 105 cm³/mol. The quantitative estimate of drug-likeness (QED) is 0.809. The van der Waals surface area contributed by atoms with Crippen LogP contribution in [0.25, 0.3) is 0 Å². The molecule has 0 saturated carbocycles. The number of piperidine rings is 1. The van der Waals surface area contributed by atoms with E-state index in [2.05, 4.69) is 16.2 Å². The highest BCUT2D eigenvalue weighted by atomic mass is 16.5. The molecule has 6 heteroatoms. The molecule has 1 aromatic carbocycles. The van der Waals surface area contributed by atoms with Crippen LogP contribution in [0.2, 0.25) is 0 Å². The fourth-order valence-electron chi connectivity index (χ4n) is 4.73. The van der Waals surface area contributed by atoms with Crippen LogP contribution < -0.4 is 0 Å².